The van der Waals surface area contributed by atoms with Crippen LogP contribution in [0.1, 0.15) is 0 Å². The lowest BCUT2D eigenvalue weighted by molar-refractivity contribution is 0.112. The van der Waals surface area contributed by atoms with E-state index in [2.05, 4.69) is 5.32 Å². The predicted molar refractivity (Wildman–Crippen MR) is 86.7 cm³/mol. The number of aliphatic hydroxyl groups excluding tert-OH is 2. The smallest absolute Gasteiger partial charge is 0.219 e. The number of hydrogen-bond acceptors (Lipinski definition) is 4. The van der Waals surface area contributed by atoms with Gasteiger partial charge in [-0.25, -0.2) is 0 Å². The average Bonchev–Trinajstić information content (AvgIpc) is 2.70. The highest BCUT2D eigenvalue weighted by Gasteiger charge is 2.49. The van der Waals surface area contributed by atoms with E-state index < -0.39 is 22.4 Å². The minimum absolute atomic E-state index is 0.0508. The molecule has 0 amide bonds. The van der Waals surface area contributed by atoms with E-state index in [0.717, 1.165) is 5.69 Å². The highest BCUT2D eigenvalue weighted by molar-refractivity contribution is 7.98. The molecular weight excluding hydrogens is 312 g/mol. The molecule has 1 aliphatic rings. The van der Waals surface area contributed by atoms with Crippen LogP contribution in [0.15, 0.2) is 30.3 Å². The zero-order chi connectivity index (χ0) is 15.5. The summed E-state index contributed by atoms with van der Waals surface area (Å²) in [7, 11) is -3.03. The third-order valence-corrected chi connectivity index (χ3v) is 5.40. The maximum atomic E-state index is 11.7. The topological polar surface area (TPSA) is 93.0 Å². The molecule has 0 aromatic heterocycles. The molecule has 1 fully saturated rings. The third-order valence-electron chi connectivity index (χ3n) is 3.33. The zero-order valence-electron chi connectivity index (χ0n) is 11.4. The van der Waals surface area contributed by atoms with E-state index in [-0.39, 0.29) is 24.7 Å². The van der Waals surface area contributed by atoms with Gasteiger partial charge in [-0.3, -0.25) is 0 Å². The minimum Gasteiger partial charge on any atom is -0.395 e. The SMILES string of the molecule is O=[S+]1(O)C[C@@H](O)[C@@H](N(CCO)C(=S)Nc2ccccc2)C1. The Morgan fingerprint density at radius 2 is 2.05 bits per heavy atom. The number of benzene rings is 1. The van der Waals surface area contributed by atoms with Crippen LogP contribution in [-0.2, 0) is 14.4 Å². The molecule has 4 N–H and O–H groups in total. The molecule has 1 aromatic carbocycles. The van der Waals surface area contributed by atoms with E-state index in [4.69, 9.17) is 12.2 Å². The Hall–Kier alpha value is -1.06. The van der Waals surface area contributed by atoms with Gasteiger partial charge < -0.3 is 20.4 Å². The predicted octanol–water partition coefficient (Wildman–Crippen LogP) is 0.393. The lowest BCUT2D eigenvalue weighted by Gasteiger charge is -2.30. The van der Waals surface area contributed by atoms with Crippen molar-refractivity contribution in [1.29, 1.82) is 0 Å². The standard InChI is InChI=1S/C13H18N2O4S2/c16-7-6-15(11-8-21(18,19)9-12(11)17)13(20)14-10-4-2-1-3-5-10/h1-5,11-12,16-17H,6-9H2,(H-,14,18,19,20)/p+1/t11-,12+/m0/s1. The summed E-state index contributed by atoms with van der Waals surface area (Å²) in [4.78, 5) is 1.58. The van der Waals surface area contributed by atoms with Crippen LogP contribution in [-0.4, -0.2) is 61.6 Å². The van der Waals surface area contributed by atoms with E-state index >= 15 is 0 Å². The van der Waals surface area contributed by atoms with Gasteiger partial charge in [-0.05, 0) is 24.4 Å². The van der Waals surface area contributed by atoms with E-state index in [1.807, 2.05) is 30.3 Å². The van der Waals surface area contributed by atoms with E-state index in [9.17, 15) is 19.0 Å². The van der Waals surface area contributed by atoms with Crippen molar-refractivity contribution in [2.45, 2.75) is 12.1 Å². The molecule has 8 heteroatoms. The first-order valence-electron chi connectivity index (χ1n) is 6.56. The number of rotatable bonds is 4. The number of nitrogens with one attached hydrogen (secondary N) is 1. The van der Waals surface area contributed by atoms with Crippen LogP contribution in [0.25, 0.3) is 0 Å². The zero-order valence-corrected chi connectivity index (χ0v) is 13.0. The second-order valence-electron chi connectivity index (χ2n) is 4.95. The van der Waals surface area contributed by atoms with Gasteiger partial charge >= 0.3 is 0 Å². The van der Waals surface area contributed by atoms with Crippen molar-refractivity contribution < 1.29 is 19.0 Å². The quantitative estimate of drug-likeness (QED) is 0.468. The second-order valence-corrected chi connectivity index (χ2v) is 7.55. The molecule has 0 bridgehead atoms. The van der Waals surface area contributed by atoms with Crippen LogP contribution in [0.2, 0.25) is 0 Å². The van der Waals surface area contributed by atoms with Crippen LogP contribution in [0.4, 0.5) is 5.69 Å². The molecular formula is C13H19N2O4S2+. The fourth-order valence-electron chi connectivity index (χ4n) is 2.36. The molecule has 1 heterocycles. The fraction of sp³-hybridized carbons (Fsp3) is 0.462. The van der Waals surface area contributed by atoms with Crippen LogP contribution in [0.3, 0.4) is 0 Å². The number of thiocarbonyl (C=S) groups is 1. The van der Waals surface area contributed by atoms with Gasteiger partial charge in [-0.15, -0.1) is 0 Å². The molecule has 116 valence electrons. The molecule has 2 rings (SSSR count). The summed E-state index contributed by atoms with van der Waals surface area (Å²) in [5, 5.41) is 22.5. The number of para-hydroxylation sites is 1. The van der Waals surface area contributed by atoms with Gasteiger partial charge in [0.2, 0.25) is 10.2 Å². The van der Waals surface area contributed by atoms with Crippen LogP contribution >= 0.6 is 12.2 Å². The summed E-state index contributed by atoms with van der Waals surface area (Å²) in [6, 6.07) is 8.69. The molecule has 1 aliphatic heterocycles. The number of hydrogen-bond donors (Lipinski definition) is 4. The molecule has 1 saturated heterocycles. The largest absolute Gasteiger partial charge is 0.395 e. The van der Waals surface area contributed by atoms with Gasteiger partial charge in [0, 0.05) is 12.2 Å². The highest BCUT2D eigenvalue weighted by Crippen LogP contribution is 2.23. The average molecular weight is 331 g/mol. The summed E-state index contributed by atoms with van der Waals surface area (Å²) in [5.74, 6) is -0.210. The molecule has 1 aromatic rings. The molecule has 6 nitrogen and oxygen atoms in total. The van der Waals surface area contributed by atoms with Gasteiger partial charge in [0.05, 0.1) is 6.61 Å². The molecule has 0 aliphatic carbocycles. The van der Waals surface area contributed by atoms with Crippen molar-refractivity contribution in [1.82, 2.24) is 4.90 Å². The van der Waals surface area contributed by atoms with Crippen molar-refractivity contribution in [2.24, 2.45) is 0 Å². The molecule has 21 heavy (non-hydrogen) atoms. The van der Waals surface area contributed by atoms with Crippen molar-refractivity contribution in [3.63, 3.8) is 0 Å². The summed E-state index contributed by atoms with van der Waals surface area (Å²) < 4.78 is 21.4. The molecule has 0 spiro atoms. The first-order valence-corrected chi connectivity index (χ1v) is 8.83. The Morgan fingerprint density at radius 1 is 1.38 bits per heavy atom. The normalized spacial score (nSPS) is 28.3. The monoisotopic (exact) mass is 331 g/mol. The maximum absolute atomic E-state index is 11.7. The van der Waals surface area contributed by atoms with Gasteiger partial charge in [0.15, 0.2) is 16.6 Å². The van der Waals surface area contributed by atoms with Gasteiger partial charge in [0.1, 0.15) is 12.1 Å². The van der Waals surface area contributed by atoms with Gasteiger partial charge in [-0.1, -0.05) is 22.4 Å². The Kier molecular flexibility index (Phi) is 5.28. The minimum atomic E-state index is -3.03. The summed E-state index contributed by atoms with van der Waals surface area (Å²) >= 11 is 5.31. The number of aliphatic hydroxyl groups is 2. The molecule has 3 atom stereocenters. The summed E-state index contributed by atoms with van der Waals surface area (Å²) in [6.07, 6.45) is -0.940. The Morgan fingerprint density at radius 3 is 2.57 bits per heavy atom. The lowest BCUT2D eigenvalue weighted by Crippen LogP contribution is -2.49. The van der Waals surface area contributed by atoms with Crippen LogP contribution in [0, 0.1) is 0 Å². The van der Waals surface area contributed by atoms with Gasteiger partial charge in [0.25, 0.3) is 0 Å². The van der Waals surface area contributed by atoms with Gasteiger partial charge in [-0.2, -0.15) is 4.55 Å². The van der Waals surface area contributed by atoms with Crippen molar-refractivity contribution in [2.75, 3.05) is 30.0 Å². The van der Waals surface area contributed by atoms with Crippen molar-refractivity contribution >= 4 is 33.2 Å². The van der Waals surface area contributed by atoms with Crippen LogP contribution in [0.5, 0.6) is 0 Å². The second kappa shape index (κ2) is 6.80. The van der Waals surface area contributed by atoms with Crippen LogP contribution < -0.4 is 5.32 Å². The Labute approximate surface area is 130 Å². The summed E-state index contributed by atoms with van der Waals surface area (Å²) in [5.41, 5.74) is 0.780. The first kappa shape index (κ1) is 16.3. The van der Waals surface area contributed by atoms with Crippen molar-refractivity contribution in [3.05, 3.63) is 30.3 Å². The first-order chi connectivity index (χ1) is 9.93. The lowest BCUT2D eigenvalue weighted by atomic mass is 10.2. The molecule has 0 radical (unpaired) electrons. The molecule has 0 saturated carbocycles. The Bertz CT molecular complexity index is 540. The van der Waals surface area contributed by atoms with E-state index in [1.54, 1.807) is 4.90 Å². The van der Waals surface area contributed by atoms with Crippen molar-refractivity contribution in [3.8, 4) is 0 Å². The third kappa shape index (κ3) is 4.21. The summed E-state index contributed by atoms with van der Waals surface area (Å²) in [6.45, 7) is 0.0301. The van der Waals surface area contributed by atoms with E-state index in [0.29, 0.717) is 5.11 Å². The number of anilines is 1. The van der Waals surface area contributed by atoms with E-state index in [1.165, 1.54) is 0 Å². The Balaban J connectivity index is 2.11. The fourth-order valence-corrected chi connectivity index (χ4v) is 4.54. The number of nitrogens with zero attached hydrogens (tertiary/aromatic N) is 1. The maximum Gasteiger partial charge on any atom is 0.219 e. The molecule has 1 unspecified atom stereocenters. The highest BCUT2D eigenvalue weighted by atomic mass is 32.3.